The van der Waals surface area contributed by atoms with E-state index in [-0.39, 0.29) is 43.6 Å². The van der Waals surface area contributed by atoms with Gasteiger partial charge in [0.2, 0.25) is 0 Å². The van der Waals surface area contributed by atoms with Gasteiger partial charge < -0.3 is 34.1 Å². The summed E-state index contributed by atoms with van der Waals surface area (Å²) in [5, 5.41) is 12.7. The molecule has 0 spiro atoms. The summed E-state index contributed by atoms with van der Waals surface area (Å²) in [7, 11) is 0. The third-order valence-electron chi connectivity index (χ3n) is 5.87. The van der Waals surface area contributed by atoms with E-state index in [1.165, 1.54) is 12.1 Å². The highest BCUT2D eigenvalue weighted by Crippen LogP contribution is 2.30. The van der Waals surface area contributed by atoms with Gasteiger partial charge in [-0.1, -0.05) is 47.6 Å². The van der Waals surface area contributed by atoms with Crippen molar-refractivity contribution in [1.82, 2.24) is 5.32 Å². The van der Waals surface area contributed by atoms with Gasteiger partial charge in [0.05, 0.1) is 13.2 Å². The van der Waals surface area contributed by atoms with Crippen molar-refractivity contribution >= 4 is 24.2 Å². The lowest BCUT2D eigenvalue weighted by Gasteiger charge is -2.19. The second-order valence-corrected chi connectivity index (χ2v) is 11.3. The minimum Gasteiger partial charge on any atom is -0.480 e. The Morgan fingerprint density at radius 3 is 1.83 bits per heavy atom. The molecule has 0 aliphatic heterocycles. The summed E-state index contributed by atoms with van der Waals surface area (Å²) in [5.41, 5.74) is 0.483. The molecule has 232 valence electrons. The summed E-state index contributed by atoms with van der Waals surface area (Å²) in [4.78, 5) is 48.4. The third-order valence-corrected chi connectivity index (χ3v) is 5.87. The SMILES string of the molecule is CC(C)CCOC(=O)Oc1ccc(C[C@H](NCC(C)OC(=O)CCC(C)C)C(=O)O)cc1OC(=O)OCCC(C)C. The molecule has 1 aromatic rings. The van der Waals surface area contributed by atoms with Crippen LogP contribution in [-0.2, 0) is 30.2 Å². The number of rotatable bonds is 18. The standard InChI is InChI=1S/C30H47NO10/c1-19(2)8-11-27(32)39-22(7)18-31-24(28(33)34)16-23-9-10-25(40-29(35)37-14-12-20(3)4)26(17-23)41-30(36)38-15-13-21(5)6/h9-10,17,19-22,24,31H,8,11-16,18H2,1-7H3,(H,33,34)/t22?,24-/m0/s1. The average Bonchev–Trinajstić information content (AvgIpc) is 2.86. The van der Waals surface area contributed by atoms with E-state index in [2.05, 4.69) is 5.32 Å². The molecule has 0 amide bonds. The van der Waals surface area contributed by atoms with Crippen molar-refractivity contribution in [2.45, 2.75) is 92.7 Å². The van der Waals surface area contributed by atoms with Crippen LogP contribution in [0.25, 0.3) is 0 Å². The number of nitrogens with one attached hydrogen (secondary N) is 1. The van der Waals surface area contributed by atoms with Gasteiger partial charge in [-0.15, -0.1) is 0 Å². The fourth-order valence-electron chi connectivity index (χ4n) is 3.36. The molecular weight excluding hydrogens is 534 g/mol. The van der Waals surface area contributed by atoms with Gasteiger partial charge in [-0.2, -0.15) is 0 Å². The zero-order valence-corrected chi connectivity index (χ0v) is 25.4. The molecule has 0 radical (unpaired) electrons. The van der Waals surface area contributed by atoms with Crippen LogP contribution in [0, 0.1) is 17.8 Å². The van der Waals surface area contributed by atoms with Crippen LogP contribution in [0.1, 0.15) is 79.7 Å². The minimum absolute atomic E-state index is 0.00121. The van der Waals surface area contributed by atoms with E-state index >= 15 is 0 Å². The molecule has 2 atom stereocenters. The summed E-state index contributed by atoms with van der Waals surface area (Å²) in [6.45, 7) is 14.1. The lowest BCUT2D eigenvalue weighted by atomic mass is 10.0. The number of esters is 1. The molecule has 41 heavy (non-hydrogen) atoms. The van der Waals surface area contributed by atoms with Crippen LogP contribution in [0.3, 0.4) is 0 Å². The highest BCUT2D eigenvalue weighted by atomic mass is 16.7. The molecule has 0 heterocycles. The first-order valence-corrected chi connectivity index (χ1v) is 14.2. The third kappa shape index (κ3) is 16.5. The highest BCUT2D eigenvalue weighted by molar-refractivity contribution is 5.74. The van der Waals surface area contributed by atoms with E-state index < -0.39 is 30.4 Å². The molecule has 0 saturated heterocycles. The lowest BCUT2D eigenvalue weighted by Crippen LogP contribution is -2.42. The van der Waals surface area contributed by atoms with E-state index in [0.717, 1.165) is 0 Å². The van der Waals surface area contributed by atoms with E-state index in [0.29, 0.717) is 49.0 Å². The molecule has 0 fully saturated rings. The molecule has 0 aliphatic rings. The smallest absolute Gasteiger partial charge is 0.480 e. The van der Waals surface area contributed by atoms with Crippen LogP contribution in [-0.4, -0.2) is 61.3 Å². The monoisotopic (exact) mass is 581 g/mol. The van der Waals surface area contributed by atoms with Gasteiger partial charge in [0, 0.05) is 13.0 Å². The van der Waals surface area contributed by atoms with Crippen molar-refractivity contribution in [2.75, 3.05) is 19.8 Å². The number of carboxylic acids is 1. The number of hydrogen-bond donors (Lipinski definition) is 2. The Labute approximate surface area is 243 Å². The van der Waals surface area contributed by atoms with Crippen molar-refractivity contribution in [2.24, 2.45) is 17.8 Å². The molecule has 1 rings (SSSR count). The first-order valence-electron chi connectivity index (χ1n) is 14.2. The van der Waals surface area contributed by atoms with Gasteiger partial charge >= 0.3 is 24.2 Å². The van der Waals surface area contributed by atoms with Crippen LogP contribution >= 0.6 is 0 Å². The van der Waals surface area contributed by atoms with Crippen LogP contribution in [0.4, 0.5) is 9.59 Å². The number of hydrogen-bond acceptors (Lipinski definition) is 10. The van der Waals surface area contributed by atoms with E-state index in [1.54, 1.807) is 13.0 Å². The van der Waals surface area contributed by atoms with Gasteiger partial charge in [-0.25, -0.2) is 9.59 Å². The molecule has 2 N–H and O–H groups in total. The van der Waals surface area contributed by atoms with Gasteiger partial charge in [0.25, 0.3) is 0 Å². The van der Waals surface area contributed by atoms with Crippen molar-refractivity contribution in [3.8, 4) is 11.5 Å². The van der Waals surface area contributed by atoms with Crippen LogP contribution in [0.15, 0.2) is 18.2 Å². The molecule has 0 saturated carbocycles. The molecule has 11 nitrogen and oxygen atoms in total. The zero-order chi connectivity index (χ0) is 30.9. The Hall–Kier alpha value is -3.34. The summed E-state index contributed by atoms with van der Waals surface area (Å²) in [6, 6.07) is 3.33. The average molecular weight is 582 g/mol. The number of carbonyl (C=O) groups excluding carboxylic acids is 3. The predicted molar refractivity (Wildman–Crippen MR) is 152 cm³/mol. The highest BCUT2D eigenvalue weighted by Gasteiger charge is 2.22. The van der Waals surface area contributed by atoms with E-state index in [1.807, 2.05) is 41.5 Å². The number of aliphatic carboxylic acids is 1. The molecule has 0 bridgehead atoms. The van der Waals surface area contributed by atoms with Crippen LogP contribution in [0.2, 0.25) is 0 Å². The lowest BCUT2D eigenvalue weighted by molar-refractivity contribution is -0.148. The quantitative estimate of drug-likeness (QED) is 0.124. The van der Waals surface area contributed by atoms with Crippen molar-refractivity contribution < 1.29 is 48.0 Å². The van der Waals surface area contributed by atoms with Crippen LogP contribution < -0.4 is 14.8 Å². The number of benzene rings is 1. The largest absolute Gasteiger partial charge is 0.513 e. The number of carboxylic acid groups (broad SMARTS) is 1. The maximum absolute atomic E-state index is 12.3. The first-order chi connectivity index (χ1) is 19.3. The maximum Gasteiger partial charge on any atom is 0.513 e. The molecule has 1 aromatic carbocycles. The molecule has 0 aromatic heterocycles. The fourth-order valence-corrected chi connectivity index (χ4v) is 3.36. The summed E-state index contributed by atoms with van der Waals surface area (Å²) >= 11 is 0. The fraction of sp³-hybridized carbons (Fsp3) is 0.667. The summed E-state index contributed by atoms with van der Waals surface area (Å²) in [6.07, 6.45) is -0.180. The van der Waals surface area contributed by atoms with Crippen LogP contribution in [0.5, 0.6) is 11.5 Å². The normalized spacial score (nSPS) is 12.6. The Bertz CT molecular complexity index is 976. The van der Waals surface area contributed by atoms with Gasteiger partial charge in [0.15, 0.2) is 11.5 Å². The minimum atomic E-state index is -1.12. The summed E-state index contributed by atoms with van der Waals surface area (Å²) < 4.78 is 26.1. The molecule has 0 aliphatic carbocycles. The Morgan fingerprint density at radius 2 is 1.32 bits per heavy atom. The van der Waals surface area contributed by atoms with Crippen molar-refractivity contribution in [3.63, 3.8) is 0 Å². The zero-order valence-electron chi connectivity index (χ0n) is 25.4. The van der Waals surface area contributed by atoms with Crippen molar-refractivity contribution in [3.05, 3.63) is 23.8 Å². The second kappa shape index (κ2) is 18.9. The van der Waals surface area contributed by atoms with E-state index in [4.69, 9.17) is 23.7 Å². The number of ether oxygens (including phenoxy) is 5. The number of carbonyl (C=O) groups is 4. The molecule has 11 heteroatoms. The molecule has 1 unspecified atom stereocenters. The predicted octanol–water partition coefficient (Wildman–Crippen LogP) is 5.76. The summed E-state index contributed by atoms with van der Waals surface area (Å²) in [5.74, 6) is -0.626. The Balaban J connectivity index is 2.94. The van der Waals surface area contributed by atoms with Gasteiger partial charge in [-0.05, 0) is 68.1 Å². The van der Waals surface area contributed by atoms with E-state index in [9.17, 15) is 24.3 Å². The first kappa shape index (κ1) is 35.7. The maximum atomic E-state index is 12.3. The second-order valence-electron chi connectivity index (χ2n) is 11.3. The van der Waals surface area contributed by atoms with Crippen molar-refractivity contribution in [1.29, 1.82) is 0 Å². The van der Waals surface area contributed by atoms with Gasteiger partial charge in [0.1, 0.15) is 12.1 Å². The topological polar surface area (TPSA) is 147 Å². The van der Waals surface area contributed by atoms with Gasteiger partial charge in [-0.3, -0.25) is 9.59 Å². The molecular formula is C30H47NO10. The Morgan fingerprint density at radius 1 is 0.780 bits per heavy atom. The Kier molecular flexibility index (Phi) is 16.5.